The average molecular weight is 250 g/mol. The van der Waals surface area contributed by atoms with E-state index in [1.54, 1.807) is 44.2 Å². The summed E-state index contributed by atoms with van der Waals surface area (Å²) in [5, 5.41) is 11.7. The van der Waals surface area contributed by atoms with Crippen LogP contribution in [0.2, 0.25) is 0 Å². The van der Waals surface area contributed by atoms with Gasteiger partial charge in [-0.1, -0.05) is 30.3 Å². The Kier molecular flexibility index (Phi) is 4.44. The number of hydrogen-bond donors (Lipinski definition) is 3. The summed E-state index contributed by atoms with van der Waals surface area (Å²) < 4.78 is 0. The molecule has 4 N–H and O–H groups in total. The molecule has 0 aliphatic carbocycles. The van der Waals surface area contributed by atoms with E-state index < -0.39 is 17.4 Å². The number of hydrogen-bond acceptors (Lipinski definition) is 3. The van der Waals surface area contributed by atoms with Crippen molar-refractivity contribution in [1.82, 2.24) is 5.32 Å². The summed E-state index contributed by atoms with van der Waals surface area (Å²) in [5.74, 6) is -1.47. The number of carbonyl (C=O) groups is 2. The van der Waals surface area contributed by atoms with Gasteiger partial charge >= 0.3 is 5.97 Å². The zero-order valence-corrected chi connectivity index (χ0v) is 10.5. The van der Waals surface area contributed by atoms with Crippen molar-refractivity contribution in [2.75, 3.05) is 6.54 Å². The predicted molar refractivity (Wildman–Crippen MR) is 67.8 cm³/mol. The molecule has 1 aromatic rings. The van der Waals surface area contributed by atoms with E-state index in [9.17, 15) is 9.59 Å². The Balaban J connectivity index is 2.90. The van der Waals surface area contributed by atoms with Gasteiger partial charge in [-0.3, -0.25) is 4.79 Å². The van der Waals surface area contributed by atoms with Gasteiger partial charge < -0.3 is 16.2 Å². The smallest absolute Gasteiger partial charge is 0.330 e. The summed E-state index contributed by atoms with van der Waals surface area (Å²) >= 11 is 0. The van der Waals surface area contributed by atoms with Crippen molar-refractivity contribution in [3.63, 3.8) is 0 Å². The Morgan fingerprint density at radius 3 is 2.33 bits per heavy atom. The number of rotatable bonds is 5. The molecule has 0 saturated carbocycles. The maximum atomic E-state index is 11.9. The van der Waals surface area contributed by atoms with Gasteiger partial charge in [0.25, 0.3) is 0 Å². The fourth-order valence-corrected chi connectivity index (χ4v) is 1.35. The highest BCUT2D eigenvalue weighted by Crippen LogP contribution is 2.18. The van der Waals surface area contributed by atoms with E-state index in [1.165, 1.54) is 0 Å². The first-order valence-electron chi connectivity index (χ1n) is 5.67. The highest BCUT2D eigenvalue weighted by Gasteiger charge is 2.30. The van der Waals surface area contributed by atoms with Crippen molar-refractivity contribution in [2.24, 2.45) is 11.1 Å². The molecule has 1 unspecified atom stereocenters. The van der Waals surface area contributed by atoms with Gasteiger partial charge in [-0.15, -0.1) is 0 Å². The number of nitrogens with one attached hydrogen (secondary N) is 1. The second kappa shape index (κ2) is 5.64. The summed E-state index contributed by atoms with van der Waals surface area (Å²) in [5.41, 5.74) is 5.23. The molecule has 0 aliphatic rings. The normalized spacial score (nSPS) is 12.8. The molecular weight excluding hydrogens is 232 g/mol. The highest BCUT2D eigenvalue weighted by molar-refractivity contribution is 5.87. The Bertz CT molecular complexity index is 429. The lowest BCUT2D eigenvalue weighted by molar-refractivity contribution is -0.143. The van der Waals surface area contributed by atoms with Gasteiger partial charge in [-0.05, 0) is 19.4 Å². The van der Waals surface area contributed by atoms with E-state index in [1.807, 2.05) is 0 Å². The Hall–Kier alpha value is -1.88. The molecule has 0 fully saturated rings. The lowest BCUT2D eigenvalue weighted by Gasteiger charge is -2.24. The van der Waals surface area contributed by atoms with Crippen molar-refractivity contribution in [3.8, 4) is 0 Å². The third-order valence-electron chi connectivity index (χ3n) is 2.78. The SMILES string of the molecule is CC(C)(CN)C(=O)NC(C(=O)O)c1ccccc1. The van der Waals surface area contributed by atoms with Crippen LogP contribution in [0.3, 0.4) is 0 Å². The van der Waals surface area contributed by atoms with E-state index in [2.05, 4.69) is 5.32 Å². The standard InChI is InChI=1S/C13H18N2O3/c1-13(2,8-14)12(18)15-10(11(16)17)9-6-4-3-5-7-9/h3-7,10H,8,14H2,1-2H3,(H,15,18)(H,16,17). The molecule has 5 heteroatoms. The molecule has 1 amide bonds. The van der Waals surface area contributed by atoms with E-state index in [4.69, 9.17) is 10.8 Å². The number of amides is 1. The van der Waals surface area contributed by atoms with E-state index in [0.29, 0.717) is 5.56 Å². The molecular formula is C13H18N2O3. The molecule has 0 saturated heterocycles. The van der Waals surface area contributed by atoms with Gasteiger partial charge in [0, 0.05) is 6.54 Å². The van der Waals surface area contributed by atoms with Crippen LogP contribution in [0.15, 0.2) is 30.3 Å². The summed E-state index contributed by atoms with van der Waals surface area (Å²) in [6, 6.07) is 7.51. The van der Waals surface area contributed by atoms with Crippen molar-refractivity contribution in [2.45, 2.75) is 19.9 Å². The molecule has 1 aromatic carbocycles. The molecule has 0 aliphatic heterocycles. The van der Waals surface area contributed by atoms with Gasteiger partial charge in [0.05, 0.1) is 5.41 Å². The van der Waals surface area contributed by atoms with Crippen LogP contribution in [0.1, 0.15) is 25.5 Å². The van der Waals surface area contributed by atoms with Gasteiger partial charge in [0.2, 0.25) is 5.91 Å². The number of aliphatic carboxylic acids is 1. The van der Waals surface area contributed by atoms with Gasteiger partial charge in [-0.25, -0.2) is 4.79 Å². The second-order valence-corrected chi connectivity index (χ2v) is 4.74. The molecule has 5 nitrogen and oxygen atoms in total. The monoisotopic (exact) mass is 250 g/mol. The molecule has 98 valence electrons. The fourth-order valence-electron chi connectivity index (χ4n) is 1.35. The van der Waals surface area contributed by atoms with Crippen LogP contribution in [0.25, 0.3) is 0 Å². The lowest BCUT2D eigenvalue weighted by atomic mass is 9.92. The molecule has 18 heavy (non-hydrogen) atoms. The van der Waals surface area contributed by atoms with Crippen LogP contribution < -0.4 is 11.1 Å². The second-order valence-electron chi connectivity index (χ2n) is 4.74. The lowest BCUT2D eigenvalue weighted by Crippen LogP contribution is -2.45. The van der Waals surface area contributed by atoms with Crippen LogP contribution in [0.5, 0.6) is 0 Å². The van der Waals surface area contributed by atoms with Gasteiger partial charge in [0.1, 0.15) is 0 Å². The number of carboxylic acid groups (broad SMARTS) is 1. The van der Waals surface area contributed by atoms with Crippen LogP contribution in [-0.4, -0.2) is 23.5 Å². The third-order valence-corrected chi connectivity index (χ3v) is 2.78. The predicted octanol–water partition coefficient (Wildman–Crippen LogP) is 0.913. The molecule has 0 heterocycles. The number of nitrogens with two attached hydrogens (primary N) is 1. The van der Waals surface area contributed by atoms with Crippen molar-refractivity contribution < 1.29 is 14.7 Å². The molecule has 0 aromatic heterocycles. The summed E-state index contributed by atoms with van der Waals surface area (Å²) in [7, 11) is 0. The maximum absolute atomic E-state index is 11.9. The number of carbonyl (C=O) groups excluding carboxylic acids is 1. The molecule has 1 atom stereocenters. The maximum Gasteiger partial charge on any atom is 0.330 e. The van der Waals surface area contributed by atoms with Crippen LogP contribution in [-0.2, 0) is 9.59 Å². The zero-order valence-electron chi connectivity index (χ0n) is 10.5. The first-order valence-corrected chi connectivity index (χ1v) is 5.67. The summed E-state index contributed by atoms with van der Waals surface area (Å²) in [6.45, 7) is 3.50. The first kappa shape index (κ1) is 14.2. The minimum Gasteiger partial charge on any atom is -0.479 e. The molecule has 0 radical (unpaired) electrons. The average Bonchev–Trinajstić information content (AvgIpc) is 2.36. The largest absolute Gasteiger partial charge is 0.479 e. The van der Waals surface area contributed by atoms with E-state index in [-0.39, 0.29) is 12.5 Å². The molecule has 0 spiro atoms. The minimum absolute atomic E-state index is 0.153. The van der Waals surface area contributed by atoms with Crippen molar-refractivity contribution in [3.05, 3.63) is 35.9 Å². The van der Waals surface area contributed by atoms with Gasteiger partial charge in [0.15, 0.2) is 6.04 Å². The van der Waals surface area contributed by atoms with Crippen LogP contribution in [0.4, 0.5) is 0 Å². The van der Waals surface area contributed by atoms with Crippen LogP contribution in [0, 0.1) is 5.41 Å². The molecule has 0 bridgehead atoms. The molecule has 1 rings (SSSR count). The Labute approximate surface area is 106 Å². The Morgan fingerprint density at radius 1 is 1.33 bits per heavy atom. The zero-order chi connectivity index (χ0) is 13.8. The fraction of sp³-hybridized carbons (Fsp3) is 0.385. The first-order chi connectivity index (χ1) is 8.38. The third kappa shape index (κ3) is 3.30. The Morgan fingerprint density at radius 2 is 1.89 bits per heavy atom. The van der Waals surface area contributed by atoms with Crippen LogP contribution >= 0.6 is 0 Å². The highest BCUT2D eigenvalue weighted by atomic mass is 16.4. The van der Waals surface area contributed by atoms with E-state index in [0.717, 1.165) is 0 Å². The van der Waals surface area contributed by atoms with Crippen molar-refractivity contribution in [1.29, 1.82) is 0 Å². The summed E-state index contributed by atoms with van der Waals surface area (Å²) in [4.78, 5) is 23.1. The van der Waals surface area contributed by atoms with E-state index >= 15 is 0 Å². The van der Waals surface area contributed by atoms with Crippen molar-refractivity contribution >= 4 is 11.9 Å². The number of carboxylic acids is 1. The topological polar surface area (TPSA) is 92.4 Å². The minimum atomic E-state index is -1.10. The quantitative estimate of drug-likeness (QED) is 0.724. The number of benzene rings is 1. The summed E-state index contributed by atoms with van der Waals surface area (Å²) in [6.07, 6.45) is 0. The van der Waals surface area contributed by atoms with Gasteiger partial charge in [-0.2, -0.15) is 0 Å².